The van der Waals surface area contributed by atoms with Gasteiger partial charge in [-0.05, 0) is 71.9 Å². The fourth-order valence-corrected chi connectivity index (χ4v) is 11.1. The molecule has 34 heteroatoms. The molecule has 93 heavy (non-hydrogen) atoms. The number of carbonyl (C=O) groups is 9. The van der Waals surface area contributed by atoms with E-state index in [4.69, 9.17) is 57.6 Å². The third kappa shape index (κ3) is 30.7. The van der Waals surface area contributed by atoms with Crippen LogP contribution in [0, 0.1) is 30.6 Å². The number of aliphatic hydroxyl groups excluding tert-OH is 5. The minimum Gasteiger partial charge on any atom is -0.857 e. The van der Waals surface area contributed by atoms with E-state index in [1.165, 1.54) is 65.0 Å². The van der Waals surface area contributed by atoms with Crippen LogP contribution < -0.4 is 45.9 Å². The maximum absolute atomic E-state index is 12.4. The number of esters is 5. The van der Waals surface area contributed by atoms with Crippen LogP contribution in [0.2, 0.25) is 39.3 Å². The van der Waals surface area contributed by atoms with Crippen molar-refractivity contribution in [1.82, 2.24) is 19.8 Å². The third-order valence-corrected chi connectivity index (χ3v) is 15.8. The number of rotatable bonds is 12. The van der Waals surface area contributed by atoms with Crippen molar-refractivity contribution in [2.75, 3.05) is 34.0 Å². The second-order valence-corrected chi connectivity index (χ2v) is 32.8. The monoisotopic (exact) mass is 1370 g/mol. The van der Waals surface area contributed by atoms with Crippen LogP contribution in [-0.4, -0.2) is 223 Å². The van der Waals surface area contributed by atoms with Gasteiger partial charge in [0.15, 0.2) is 44.3 Å². The van der Waals surface area contributed by atoms with E-state index >= 15 is 0 Å². The Bertz CT molecular complexity index is 2850. The van der Waals surface area contributed by atoms with Gasteiger partial charge in [0.2, 0.25) is 26.4 Å². The Balaban J connectivity index is 0. The second kappa shape index (κ2) is 42.0. The summed E-state index contributed by atoms with van der Waals surface area (Å²) in [6.07, 6.45) is -7.69. The van der Waals surface area contributed by atoms with Gasteiger partial charge in [0.05, 0.1) is 31.7 Å². The Kier molecular flexibility index (Phi) is 40.4. The largest absolute Gasteiger partial charge is 1.00 e. The van der Waals surface area contributed by atoms with E-state index in [1.54, 1.807) is 13.8 Å². The molecular formula is C59H98N5NaO26Si2. The molecule has 5 aliphatic rings. The molecule has 0 spiro atoms. The normalized spacial score (nSPS) is 27.6. The topological polar surface area (TPSA) is 445 Å². The van der Waals surface area contributed by atoms with Gasteiger partial charge in [0.1, 0.15) is 43.7 Å². The third-order valence-electron chi connectivity index (χ3n) is 13.9. The summed E-state index contributed by atoms with van der Waals surface area (Å²) in [4.78, 5) is 131. The summed E-state index contributed by atoms with van der Waals surface area (Å²) in [5.41, 5.74) is 0.457. The minimum atomic E-state index is -1.56. The van der Waals surface area contributed by atoms with Crippen molar-refractivity contribution >= 4 is 75.7 Å². The maximum atomic E-state index is 12.4. The molecule has 0 bridgehead atoms. The SMILES string of the molecule is CC(=N[Si](C)(C)C)O[Si](C)(C)C.CC(=O)OCC1O[C@@H](N2C=C(C)C(=O)CC2=O)C(OC(C)=O)[C@@H](C)[C@@H]1C.CC(=O)OCC1O[C@@H](OC(C)=O)C(OC(C)=O)[C@@H](C)[C@@H]1C.CC1=CN([C@@H]2OC(CO)[C@@H](O)[C@H](O)C2O)C(=O)CC1=O.CO.C[O-].Cc1c[nH]c(=O)[nH]c1=O.[Na+]. The van der Waals surface area contributed by atoms with Gasteiger partial charge in [-0.25, -0.2) is 4.79 Å². The number of ketones is 2. The molecule has 6 rings (SSSR count). The van der Waals surface area contributed by atoms with Crippen molar-refractivity contribution in [2.24, 2.45) is 28.3 Å². The molecule has 0 saturated carbocycles. The number of hydrogen-bond donors (Lipinski definition) is 7. The average molecular weight is 1370 g/mol. The van der Waals surface area contributed by atoms with Crippen molar-refractivity contribution in [2.45, 2.75) is 210 Å². The molecule has 1 aromatic heterocycles. The molecule has 5 aliphatic heterocycles. The summed E-state index contributed by atoms with van der Waals surface area (Å²) in [6, 6.07) is 0. The number of hydrogen-bond acceptors (Lipinski definition) is 27. The van der Waals surface area contributed by atoms with Crippen LogP contribution in [0.15, 0.2) is 44.0 Å². The van der Waals surface area contributed by atoms with Gasteiger partial charge in [-0.15, -0.1) is 0 Å². The number of aromatic amines is 2. The predicted octanol–water partition coefficient (Wildman–Crippen LogP) is -2.23. The quantitative estimate of drug-likeness (QED) is 0.0291. The maximum Gasteiger partial charge on any atom is 1.00 e. The van der Waals surface area contributed by atoms with Crippen molar-refractivity contribution in [3.63, 3.8) is 0 Å². The van der Waals surface area contributed by atoms with Gasteiger partial charge in [-0.1, -0.05) is 27.7 Å². The number of allylic oxidation sites excluding steroid dienone is 2. The molecule has 1 aromatic rings. The minimum absolute atomic E-state index is 0. The molecule has 0 aromatic carbocycles. The summed E-state index contributed by atoms with van der Waals surface area (Å²) < 4.78 is 53.0. The molecule has 0 aliphatic carbocycles. The van der Waals surface area contributed by atoms with E-state index in [0.29, 0.717) is 16.7 Å². The van der Waals surface area contributed by atoms with Crippen molar-refractivity contribution in [3.8, 4) is 0 Å². The molecule has 7 N–H and O–H groups in total. The average Bonchev–Trinajstić information content (AvgIpc) is 0.801. The van der Waals surface area contributed by atoms with E-state index < -0.39 is 138 Å². The van der Waals surface area contributed by atoms with E-state index in [1.807, 2.05) is 34.6 Å². The van der Waals surface area contributed by atoms with E-state index in [-0.39, 0.29) is 96.4 Å². The number of nitrogens with zero attached hydrogens (tertiary/aromatic N) is 3. The van der Waals surface area contributed by atoms with Crippen LogP contribution >= 0.6 is 0 Å². The number of carbonyl (C=O) groups excluding carboxylic acids is 9. The van der Waals surface area contributed by atoms with Gasteiger partial charge >= 0.3 is 65.1 Å². The molecular weight excluding hydrogens is 1270 g/mol. The summed E-state index contributed by atoms with van der Waals surface area (Å²) in [5, 5.41) is 53.6. The van der Waals surface area contributed by atoms with E-state index in [0.717, 1.165) is 25.0 Å². The molecule has 3 fully saturated rings. The summed E-state index contributed by atoms with van der Waals surface area (Å²) in [7, 11) is -1.01. The number of H-pyrrole nitrogens is 2. The predicted molar refractivity (Wildman–Crippen MR) is 332 cm³/mol. The molecule has 0 radical (unpaired) electrons. The summed E-state index contributed by atoms with van der Waals surface area (Å²) in [5.74, 6) is -3.42. The number of aromatic nitrogens is 2. The Morgan fingerprint density at radius 1 is 0.602 bits per heavy atom. The van der Waals surface area contributed by atoms with E-state index in [9.17, 15) is 68.1 Å². The molecule has 2 amide bonds. The zero-order chi connectivity index (χ0) is 71.6. The van der Waals surface area contributed by atoms with Crippen LogP contribution in [0.3, 0.4) is 0 Å². The fraction of sp³-hybridized carbons (Fsp3) is 0.695. The standard InChI is InChI=1S/C18H25NO7.C14H22O7.C12H17NO7.C8H21NOSi2.C5H6N2O2.CH4O.CH3O.Na/c1-9-7-19(16(23)6-14(9)22)18-17(25-13(5)21)11(3)10(2)15(26-18)8-24-12(4)20;1-7-8(2)13(19-10(4)16)14(20-11(5)17)21-12(7)6-18-9(3)15;1-5-3-13(8(16)2-6(5)15)12-11(19)10(18)9(17)7(4-14)20-12;1-8(9-11(2,3)4)10-12(5,6)7;1-3-2-6-5(9)7-4(3)8;2*1-2;/h7,10-11,15,17-18H,6,8H2,1-5H3;7-8,12-14H,6H2,1-5H3;3,7,9-12,14,17-19H,2,4H2,1H3;1-7H3;2H,1H3,(H2,6,7,8,9);2H,1H3;1H3;/q;;;;;;-1;+1/t10-,11-,15?,17?,18+;7-,8-,12?,13?,14+;7?,9-,10+,11?,12-;;;;;/m001...../s1. The fourth-order valence-electron chi connectivity index (χ4n) is 9.11. The van der Waals surface area contributed by atoms with Gasteiger partial charge in [0, 0.05) is 95.8 Å². The Morgan fingerprint density at radius 2 is 1.01 bits per heavy atom. The van der Waals surface area contributed by atoms with Crippen molar-refractivity contribution < 1.29 is 146 Å². The van der Waals surface area contributed by atoms with E-state index in [2.05, 4.69) is 53.9 Å². The Hall–Kier alpha value is -5.67. The van der Waals surface area contributed by atoms with Gasteiger partial charge in [-0.2, -0.15) is 7.11 Å². The van der Waals surface area contributed by atoms with Gasteiger partial charge < -0.3 is 77.9 Å². The van der Waals surface area contributed by atoms with Crippen LogP contribution in [0.1, 0.15) is 101 Å². The van der Waals surface area contributed by atoms with Crippen molar-refractivity contribution in [3.05, 3.63) is 56.1 Å². The molecule has 3 saturated heterocycles. The number of aliphatic hydroxyl groups is 5. The van der Waals surface area contributed by atoms with Crippen LogP contribution in [-0.2, 0) is 85.5 Å². The zero-order valence-electron chi connectivity index (χ0n) is 57.6. The smallest absolute Gasteiger partial charge is 0.857 e. The number of aryl methyl sites for hydroxylation is 1. The molecule has 6 unspecified atom stereocenters. The van der Waals surface area contributed by atoms with Crippen LogP contribution in [0.25, 0.3) is 0 Å². The molecule has 6 heterocycles. The molecule has 15 atom stereocenters. The van der Waals surface area contributed by atoms with Gasteiger partial charge in [-0.3, -0.25) is 67.4 Å². The van der Waals surface area contributed by atoms with Crippen molar-refractivity contribution in [1.29, 1.82) is 0 Å². The first-order valence-corrected chi connectivity index (χ1v) is 36.2. The number of nitrogens with one attached hydrogen (secondary N) is 2. The number of Topliss-reactive ketones (excluding diaryl/α,β-unsaturated/α-hetero) is 2. The van der Waals surface area contributed by atoms with Crippen LogP contribution in [0.5, 0.6) is 0 Å². The van der Waals surface area contributed by atoms with Gasteiger partial charge in [0.25, 0.3) is 5.56 Å². The summed E-state index contributed by atoms with van der Waals surface area (Å²) >= 11 is 0. The first-order valence-electron chi connectivity index (χ1n) is 29.3. The van der Waals surface area contributed by atoms with Crippen LogP contribution in [0.4, 0.5) is 0 Å². The second-order valence-electron chi connectivity index (χ2n) is 23.8. The first-order chi connectivity index (χ1) is 42.5. The Labute approximate surface area is 566 Å². The number of ether oxygens (including phenoxy) is 8. The first kappa shape index (κ1) is 89.4. The Morgan fingerprint density at radius 3 is 1.40 bits per heavy atom. The summed E-state index contributed by atoms with van der Waals surface area (Å²) in [6.45, 7) is 33.4. The zero-order valence-corrected chi connectivity index (χ0v) is 61.6. The number of amides is 2. The molecule has 31 nitrogen and oxygen atoms in total. The molecule has 524 valence electrons.